The second-order valence-corrected chi connectivity index (χ2v) is 12.5. The van der Waals surface area contributed by atoms with Crippen LogP contribution in [0.2, 0.25) is 0 Å². The van der Waals surface area contributed by atoms with Crippen molar-refractivity contribution in [2.24, 2.45) is 5.92 Å². The summed E-state index contributed by atoms with van der Waals surface area (Å²) in [7, 11) is 0. The highest BCUT2D eigenvalue weighted by Gasteiger charge is 2.38. The number of aromatic nitrogens is 1. The van der Waals surface area contributed by atoms with Crippen LogP contribution in [0.4, 0.5) is 5.69 Å². The van der Waals surface area contributed by atoms with Crippen LogP contribution in [0.5, 0.6) is 5.75 Å². The van der Waals surface area contributed by atoms with Crippen LogP contribution in [-0.4, -0.2) is 77.5 Å². The Morgan fingerprint density at radius 1 is 0.977 bits per heavy atom. The Bertz CT molecular complexity index is 1410. The minimum absolute atomic E-state index is 0. The molecule has 3 heterocycles. The lowest BCUT2D eigenvalue weighted by atomic mass is 9.95. The first-order valence-electron chi connectivity index (χ1n) is 15.7. The first-order valence-corrected chi connectivity index (χ1v) is 15.7. The summed E-state index contributed by atoms with van der Waals surface area (Å²) in [6.45, 7) is 8.93. The van der Waals surface area contributed by atoms with Crippen LogP contribution in [0.1, 0.15) is 45.1 Å². The Morgan fingerprint density at radius 2 is 1.75 bits per heavy atom. The number of rotatable bonds is 9. The molecule has 44 heavy (non-hydrogen) atoms. The van der Waals surface area contributed by atoms with E-state index < -0.39 is 5.60 Å². The van der Waals surface area contributed by atoms with Crippen LogP contribution in [0.25, 0.3) is 11.3 Å². The summed E-state index contributed by atoms with van der Waals surface area (Å²) in [6, 6.07) is 22.7. The molecule has 0 radical (unpaired) electrons. The number of piperazine rings is 1. The molecule has 0 spiro atoms. The number of piperidine rings is 1. The zero-order valence-electron chi connectivity index (χ0n) is 25.8. The number of carbonyl (C=O) groups is 2. The smallest absolute Gasteiger partial charge is 0.266 e. The third-order valence-electron chi connectivity index (χ3n) is 8.78. The zero-order valence-corrected chi connectivity index (χ0v) is 26.6. The Kier molecular flexibility index (Phi) is 10.1. The molecule has 3 aromatic rings. The van der Waals surface area contributed by atoms with Gasteiger partial charge < -0.3 is 24.8 Å². The first kappa shape index (κ1) is 31.8. The average Bonchev–Trinajstić information content (AvgIpc) is 3.90. The topological polar surface area (TPSA) is 78.0 Å². The Hall–Kier alpha value is -3.62. The zero-order chi connectivity index (χ0) is 29.8. The molecule has 9 heteroatoms. The number of pyridine rings is 1. The largest absolute Gasteiger partial charge is 0.478 e. The quantitative estimate of drug-likeness (QED) is 0.357. The monoisotopic (exact) mass is 617 g/mol. The molecule has 3 fully saturated rings. The van der Waals surface area contributed by atoms with E-state index in [1.54, 1.807) is 0 Å². The van der Waals surface area contributed by atoms with E-state index in [1.165, 1.54) is 0 Å². The molecule has 8 nitrogen and oxygen atoms in total. The molecule has 2 aliphatic heterocycles. The lowest BCUT2D eigenvalue weighted by molar-refractivity contribution is -0.146. The van der Waals surface area contributed by atoms with Crippen LogP contribution in [-0.2, 0) is 16.1 Å². The fourth-order valence-corrected chi connectivity index (χ4v) is 6.26. The number of ether oxygens (including phenoxy) is 1. The number of hydrogen-bond acceptors (Lipinski definition) is 6. The molecule has 1 atom stereocenters. The fourth-order valence-electron chi connectivity index (χ4n) is 6.26. The average molecular weight is 618 g/mol. The normalized spacial score (nSPS) is 18.7. The molecule has 2 amide bonds. The third-order valence-corrected chi connectivity index (χ3v) is 8.78. The number of halogens is 1. The summed E-state index contributed by atoms with van der Waals surface area (Å²) < 4.78 is 6.29. The van der Waals surface area contributed by atoms with Crippen molar-refractivity contribution in [2.75, 3.05) is 44.2 Å². The van der Waals surface area contributed by atoms with Gasteiger partial charge in [0.25, 0.3) is 5.91 Å². The van der Waals surface area contributed by atoms with Gasteiger partial charge in [-0.1, -0.05) is 36.4 Å². The first-order chi connectivity index (χ1) is 20.9. The number of hydrogen-bond donors (Lipinski definition) is 1. The van der Waals surface area contributed by atoms with Gasteiger partial charge in [-0.3, -0.25) is 14.6 Å². The molecule has 2 aromatic carbocycles. The van der Waals surface area contributed by atoms with E-state index in [2.05, 4.69) is 50.4 Å². The maximum Gasteiger partial charge on any atom is 0.266 e. The summed E-state index contributed by atoms with van der Waals surface area (Å²) >= 11 is 0. The minimum atomic E-state index is -0.961. The van der Waals surface area contributed by atoms with Crippen LogP contribution in [0.3, 0.4) is 0 Å². The van der Waals surface area contributed by atoms with Crippen LogP contribution in [0.15, 0.2) is 72.9 Å². The maximum absolute atomic E-state index is 13.9. The van der Waals surface area contributed by atoms with Gasteiger partial charge in [-0.15, -0.1) is 12.4 Å². The van der Waals surface area contributed by atoms with Gasteiger partial charge in [0.1, 0.15) is 5.75 Å². The summed E-state index contributed by atoms with van der Waals surface area (Å²) in [5, 5.41) is 3.29. The minimum Gasteiger partial charge on any atom is -0.478 e. The molecule has 1 N–H and O–H groups in total. The number of nitrogens with zero attached hydrogens (tertiary/aromatic N) is 4. The van der Waals surface area contributed by atoms with Crippen molar-refractivity contribution in [3.8, 4) is 17.0 Å². The highest BCUT2D eigenvalue weighted by atomic mass is 35.5. The van der Waals surface area contributed by atoms with E-state index >= 15 is 0 Å². The maximum atomic E-state index is 13.9. The number of benzene rings is 2. The summed E-state index contributed by atoms with van der Waals surface area (Å²) in [6.07, 6.45) is 5.83. The van der Waals surface area contributed by atoms with Crippen LogP contribution >= 0.6 is 12.4 Å². The van der Waals surface area contributed by atoms with Gasteiger partial charge in [0.2, 0.25) is 5.91 Å². The standard InChI is InChI=1S/C35H43N5O3.ClH/c1-35(2,34(42)38-21-18-36-19-22-38)43-31-9-5-8-30(23-31)39-20-6-7-28(25-39)33(41)40(29-15-16-29)24-26-11-13-27(14-12-26)32-10-3-4-17-37-32;/h3-5,8-14,17,23,28-29,36H,6-7,15-16,18-22,24-25H2,1-2H3;1H/t28-;/m1./s1. The van der Waals surface area contributed by atoms with Gasteiger partial charge in [0, 0.05) is 75.4 Å². The van der Waals surface area contributed by atoms with Gasteiger partial charge in [-0.2, -0.15) is 0 Å². The van der Waals surface area contributed by atoms with Crippen molar-refractivity contribution in [1.29, 1.82) is 0 Å². The molecule has 0 unspecified atom stereocenters. The van der Waals surface area contributed by atoms with E-state index in [9.17, 15) is 9.59 Å². The lowest BCUT2D eigenvalue weighted by Gasteiger charge is -2.37. The fraction of sp³-hybridized carbons (Fsp3) is 0.457. The van der Waals surface area contributed by atoms with Crippen LogP contribution < -0.4 is 15.0 Å². The second-order valence-electron chi connectivity index (χ2n) is 12.5. The Balaban J connectivity index is 0.00000384. The molecular weight excluding hydrogens is 574 g/mol. The van der Waals surface area contributed by atoms with Gasteiger partial charge in [0.15, 0.2) is 5.60 Å². The molecule has 2 saturated heterocycles. The molecule has 0 bridgehead atoms. The van der Waals surface area contributed by atoms with Crippen molar-refractivity contribution in [3.05, 3.63) is 78.5 Å². The van der Waals surface area contributed by atoms with E-state index in [-0.39, 0.29) is 30.1 Å². The van der Waals surface area contributed by atoms with Crippen molar-refractivity contribution < 1.29 is 14.3 Å². The summed E-state index contributed by atoms with van der Waals surface area (Å²) in [4.78, 5) is 37.9. The van der Waals surface area contributed by atoms with Gasteiger partial charge in [-0.25, -0.2) is 0 Å². The van der Waals surface area contributed by atoms with Crippen molar-refractivity contribution in [3.63, 3.8) is 0 Å². The molecule has 234 valence electrons. The van der Waals surface area contributed by atoms with Gasteiger partial charge in [-0.05, 0) is 69.4 Å². The lowest BCUT2D eigenvalue weighted by Crippen LogP contribution is -2.54. The molecule has 1 saturated carbocycles. The number of carbonyl (C=O) groups excluding carboxylic acids is 2. The van der Waals surface area contributed by atoms with Gasteiger partial charge in [0.05, 0.1) is 11.6 Å². The van der Waals surface area contributed by atoms with Crippen molar-refractivity contribution >= 4 is 29.9 Å². The highest BCUT2D eigenvalue weighted by molar-refractivity contribution is 5.85. The van der Waals surface area contributed by atoms with E-state index in [4.69, 9.17) is 4.74 Å². The van der Waals surface area contributed by atoms with E-state index in [0.717, 1.165) is 67.8 Å². The number of nitrogens with one attached hydrogen (secondary N) is 1. The number of amides is 2. The molecule has 1 aromatic heterocycles. The predicted octanol–water partition coefficient (Wildman–Crippen LogP) is 5.17. The molecule has 6 rings (SSSR count). The third kappa shape index (κ3) is 7.53. The van der Waals surface area contributed by atoms with Crippen molar-refractivity contribution in [2.45, 2.75) is 57.7 Å². The van der Waals surface area contributed by atoms with Crippen LogP contribution in [0, 0.1) is 5.92 Å². The molecular formula is C35H44ClN5O3. The molecule has 3 aliphatic rings. The summed E-state index contributed by atoms with van der Waals surface area (Å²) in [5.41, 5.74) is 3.26. The van der Waals surface area contributed by atoms with E-state index in [1.807, 2.05) is 61.3 Å². The SMILES string of the molecule is CC(C)(Oc1cccc(N2CCC[C@@H](C(=O)N(Cc3ccc(-c4ccccn4)cc3)C3CC3)C2)c1)C(=O)N1CCNCC1.Cl. The summed E-state index contributed by atoms with van der Waals surface area (Å²) in [5.74, 6) is 0.899. The Morgan fingerprint density at radius 3 is 2.45 bits per heavy atom. The van der Waals surface area contributed by atoms with Gasteiger partial charge >= 0.3 is 0 Å². The predicted molar refractivity (Wildman–Crippen MR) is 176 cm³/mol. The molecule has 1 aliphatic carbocycles. The Labute approximate surface area is 267 Å². The van der Waals surface area contributed by atoms with Crippen molar-refractivity contribution in [1.82, 2.24) is 20.1 Å². The highest BCUT2D eigenvalue weighted by Crippen LogP contribution is 2.34. The second kappa shape index (κ2) is 14.0. The van der Waals surface area contributed by atoms with E-state index in [0.29, 0.717) is 38.0 Å². The number of anilines is 1.